The lowest BCUT2D eigenvalue weighted by molar-refractivity contribution is 1.07. The molecular weight excluding hydrogens is 180 g/mol. The number of aryl methyl sites for hydroxylation is 2. The average molecular weight is 204 g/mol. The van der Waals surface area contributed by atoms with Crippen LogP contribution >= 0.6 is 0 Å². The van der Waals surface area contributed by atoms with Crippen LogP contribution in [0.2, 0.25) is 0 Å². The Hall–Kier alpha value is -0.780. The summed E-state index contributed by atoms with van der Waals surface area (Å²) in [5.74, 6) is 0.764. The van der Waals surface area contributed by atoms with E-state index in [4.69, 9.17) is 0 Å². The van der Waals surface area contributed by atoms with Crippen molar-refractivity contribution in [3.8, 4) is 0 Å². The van der Waals surface area contributed by atoms with Gasteiger partial charge >= 0.3 is 0 Å². The Morgan fingerprint density at radius 2 is 1.60 bits per heavy atom. The topological polar surface area (TPSA) is 0 Å². The molecule has 0 fully saturated rings. The maximum absolute atomic E-state index is 2.38. The summed E-state index contributed by atoms with van der Waals surface area (Å²) >= 11 is 0. The van der Waals surface area contributed by atoms with Crippen molar-refractivity contribution in [3.63, 3.8) is 0 Å². The zero-order valence-corrected chi connectivity index (χ0v) is 10.9. The predicted molar refractivity (Wildman–Crippen MR) is 68.7 cm³/mol. The fourth-order valence-electron chi connectivity index (χ4n) is 2.06. The lowest BCUT2D eigenvalue weighted by Crippen LogP contribution is -1.83. The zero-order valence-electron chi connectivity index (χ0n) is 10.9. The molecule has 84 valence electrons. The van der Waals surface area contributed by atoms with Crippen molar-refractivity contribution in [1.29, 1.82) is 0 Å². The average Bonchev–Trinajstić information content (AvgIpc) is 2.90. The van der Waals surface area contributed by atoms with E-state index in [9.17, 15) is 0 Å². The SMILES string of the molecule is CCC.CCc1cc(CC)c2c(c1)C2C. The predicted octanol–water partition coefficient (Wildman–Crippen LogP) is 4.69. The van der Waals surface area contributed by atoms with Gasteiger partial charge in [0.25, 0.3) is 0 Å². The first-order valence-corrected chi connectivity index (χ1v) is 6.34. The van der Waals surface area contributed by atoms with Crippen LogP contribution in [0, 0.1) is 0 Å². The van der Waals surface area contributed by atoms with Gasteiger partial charge in [-0.25, -0.2) is 0 Å². The number of rotatable bonds is 2. The summed E-state index contributed by atoms with van der Waals surface area (Å²) in [4.78, 5) is 0. The van der Waals surface area contributed by atoms with Crippen molar-refractivity contribution >= 4 is 0 Å². The fraction of sp³-hybridized carbons (Fsp3) is 0.600. The van der Waals surface area contributed by atoms with Gasteiger partial charge in [-0.2, -0.15) is 0 Å². The van der Waals surface area contributed by atoms with Crippen LogP contribution in [0.3, 0.4) is 0 Å². The maximum Gasteiger partial charge on any atom is 0.00698 e. The Labute approximate surface area is 94.7 Å². The van der Waals surface area contributed by atoms with Crippen LogP contribution in [0.4, 0.5) is 0 Å². The summed E-state index contributed by atoms with van der Waals surface area (Å²) in [6.45, 7) is 11.0. The largest absolute Gasteiger partial charge is 0.0656 e. The summed E-state index contributed by atoms with van der Waals surface area (Å²) in [6, 6.07) is 4.75. The van der Waals surface area contributed by atoms with E-state index >= 15 is 0 Å². The fourth-order valence-corrected chi connectivity index (χ4v) is 2.06. The van der Waals surface area contributed by atoms with E-state index in [2.05, 4.69) is 46.8 Å². The zero-order chi connectivity index (χ0) is 11.4. The third-order valence-electron chi connectivity index (χ3n) is 2.96. The van der Waals surface area contributed by atoms with Crippen molar-refractivity contribution in [2.45, 2.75) is 59.8 Å². The van der Waals surface area contributed by atoms with Gasteiger partial charge in [0.15, 0.2) is 0 Å². The smallest absolute Gasteiger partial charge is 0.00698 e. The molecule has 0 bridgehead atoms. The van der Waals surface area contributed by atoms with Crippen LogP contribution < -0.4 is 0 Å². The highest BCUT2D eigenvalue weighted by atomic mass is 14.3. The van der Waals surface area contributed by atoms with E-state index < -0.39 is 0 Å². The highest BCUT2D eigenvalue weighted by molar-refractivity contribution is 5.58. The molecule has 1 aliphatic rings. The summed E-state index contributed by atoms with van der Waals surface area (Å²) in [7, 11) is 0. The number of fused-ring (bicyclic) bond motifs is 1. The normalized spacial score (nSPS) is 16.5. The van der Waals surface area contributed by atoms with E-state index in [1.165, 1.54) is 24.8 Å². The Morgan fingerprint density at radius 3 is 2.07 bits per heavy atom. The van der Waals surface area contributed by atoms with Crippen LogP contribution in [-0.4, -0.2) is 0 Å². The molecule has 0 aromatic heterocycles. The summed E-state index contributed by atoms with van der Waals surface area (Å²) < 4.78 is 0. The lowest BCUT2D eigenvalue weighted by Gasteiger charge is -1.98. The maximum atomic E-state index is 2.38. The molecule has 1 aromatic rings. The molecule has 0 heterocycles. The minimum atomic E-state index is 0.764. The first-order valence-electron chi connectivity index (χ1n) is 6.34. The molecule has 15 heavy (non-hydrogen) atoms. The van der Waals surface area contributed by atoms with Crippen LogP contribution in [0.5, 0.6) is 0 Å². The molecule has 0 spiro atoms. The van der Waals surface area contributed by atoms with E-state index in [1.807, 2.05) is 0 Å². The molecule has 1 aliphatic carbocycles. The van der Waals surface area contributed by atoms with Gasteiger partial charge in [-0.1, -0.05) is 53.2 Å². The molecule has 2 rings (SSSR count). The van der Waals surface area contributed by atoms with Gasteiger partial charge < -0.3 is 0 Å². The van der Waals surface area contributed by atoms with Gasteiger partial charge in [0, 0.05) is 5.92 Å². The number of benzene rings is 1. The van der Waals surface area contributed by atoms with Gasteiger partial charge in [-0.05, 0) is 35.1 Å². The van der Waals surface area contributed by atoms with Crippen LogP contribution in [-0.2, 0) is 12.8 Å². The first kappa shape index (κ1) is 12.3. The van der Waals surface area contributed by atoms with Gasteiger partial charge in [0.2, 0.25) is 0 Å². The van der Waals surface area contributed by atoms with Crippen LogP contribution in [0.1, 0.15) is 69.2 Å². The minimum Gasteiger partial charge on any atom is -0.0656 e. The first-order chi connectivity index (χ1) is 7.19. The van der Waals surface area contributed by atoms with Gasteiger partial charge in [-0.3, -0.25) is 0 Å². The second-order valence-electron chi connectivity index (χ2n) is 4.39. The Balaban J connectivity index is 0.000000337. The molecule has 1 unspecified atom stereocenters. The Kier molecular flexibility index (Phi) is 4.38. The molecule has 0 saturated carbocycles. The van der Waals surface area contributed by atoms with Crippen molar-refractivity contribution < 1.29 is 0 Å². The molecule has 0 N–H and O–H groups in total. The highest BCUT2D eigenvalue weighted by Gasteiger charge is 2.30. The molecule has 1 atom stereocenters. The standard InChI is InChI=1S/C12H16.C3H8/c1-4-9-6-10(5-2)12-8(3)11(12)7-9;1-3-2/h6-8H,4-5H2,1-3H3;3H2,1-2H3. The number of hydrogen-bond donors (Lipinski definition) is 0. The lowest BCUT2D eigenvalue weighted by atomic mass is 10.1. The molecule has 0 amide bonds. The second kappa shape index (κ2) is 5.34. The molecule has 0 heteroatoms. The summed E-state index contributed by atoms with van der Waals surface area (Å²) in [5.41, 5.74) is 6.33. The molecular formula is C15H24. The van der Waals surface area contributed by atoms with E-state index in [0.717, 1.165) is 5.92 Å². The van der Waals surface area contributed by atoms with Crippen LogP contribution in [0.25, 0.3) is 0 Å². The van der Waals surface area contributed by atoms with Crippen molar-refractivity contribution in [2.75, 3.05) is 0 Å². The van der Waals surface area contributed by atoms with Gasteiger partial charge in [0.05, 0.1) is 0 Å². The van der Waals surface area contributed by atoms with Crippen molar-refractivity contribution in [3.05, 3.63) is 34.4 Å². The van der Waals surface area contributed by atoms with Crippen molar-refractivity contribution in [1.82, 2.24) is 0 Å². The number of hydrogen-bond acceptors (Lipinski definition) is 0. The second-order valence-corrected chi connectivity index (χ2v) is 4.39. The third-order valence-corrected chi connectivity index (χ3v) is 2.96. The highest BCUT2D eigenvalue weighted by Crippen LogP contribution is 2.46. The summed E-state index contributed by atoms with van der Waals surface area (Å²) in [5, 5.41) is 0. The summed E-state index contributed by atoms with van der Waals surface area (Å²) in [6.07, 6.45) is 3.62. The van der Waals surface area contributed by atoms with E-state index in [0.29, 0.717) is 0 Å². The molecule has 0 radical (unpaired) electrons. The molecule has 0 nitrogen and oxygen atoms in total. The van der Waals surface area contributed by atoms with Crippen LogP contribution in [0.15, 0.2) is 12.1 Å². The van der Waals surface area contributed by atoms with E-state index in [-0.39, 0.29) is 0 Å². The quantitative estimate of drug-likeness (QED) is 0.655. The Morgan fingerprint density at radius 1 is 1.00 bits per heavy atom. The molecule has 0 aliphatic heterocycles. The van der Waals surface area contributed by atoms with E-state index in [1.54, 1.807) is 16.7 Å². The van der Waals surface area contributed by atoms with Crippen molar-refractivity contribution in [2.24, 2.45) is 0 Å². The molecule has 1 aromatic carbocycles. The van der Waals surface area contributed by atoms with Gasteiger partial charge in [0.1, 0.15) is 0 Å². The van der Waals surface area contributed by atoms with Gasteiger partial charge in [-0.15, -0.1) is 0 Å². The molecule has 0 saturated heterocycles. The Bertz CT molecular complexity index is 322. The monoisotopic (exact) mass is 204 g/mol. The third kappa shape index (κ3) is 2.62. The minimum absolute atomic E-state index is 0.764.